The standard InChI is InChI=1S/C18H20F3N3O/c1-11-6-8-13(9-7-11)14-5-4-10-24(14)17-22-12(2)15(25-3)16(23-17)18(19,20)21/h6-9,14H,4-5,10H2,1-3H3/t14-/m0/s1. The first-order valence-electron chi connectivity index (χ1n) is 8.14. The normalized spacial score (nSPS) is 17.8. The average Bonchev–Trinajstić information content (AvgIpc) is 3.03. The number of hydrogen-bond acceptors (Lipinski definition) is 4. The summed E-state index contributed by atoms with van der Waals surface area (Å²) in [5, 5.41) is 0. The molecule has 25 heavy (non-hydrogen) atoms. The van der Waals surface area contributed by atoms with Crippen LogP contribution in [0, 0.1) is 13.8 Å². The Hall–Kier alpha value is -2.31. The molecule has 3 rings (SSSR count). The third kappa shape index (κ3) is 3.41. The molecule has 1 aromatic carbocycles. The van der Waals surface area contributed by atoms with Crippen LogP contribution in [-0.2, 0) is 6.18 Å². The van der Waals surface area contributed by atoms with Crippen LogP contribution in [0.15, 0.2) is 24.3 Å². The van der Waals surface area contributed by atoms with Crippen molar-refractivity contribution in [2.24, 2.45) is 0 Å². The van der Waals surface area contributed by atoms with E-state index in [0.717, 1.165) is 24.0 Å². The Morgan fingerprint density at radius 3 is 2.40 bits per heavy atom. The van der Waals surface area contributed by atoms with Crippen molar-refractivity contribution in [3.05, 3.63) is 46.8 Å². The summed E-state index contributed by atoms with van der Waals surface area (Å²) in [6.07, 6.45) is -2.85. The van der Waals surface area contributed by atoms with Crippen LogP contribution in [0.1, 0.15) is 41.4 Å². The molecule has 1 atom stereocenters. The van der Waals surface area contributed by atoms with Crippen LogP contribution in [0.3, 0.4) is 0 Å². The number of alkyl halides is 3. The van der Waals surface area contributed by atoms with E-state index in [1.54, 1.807) is 0 Å². The number of hydrogen-bond donors (Lipinski definition) is 0. The minimum absolute atomic E-state index is 0.0190. The van der Waals surface area contributed by atoms with Gasteiger partial charge in [-0.15, -0.1) is 0 Å². The molecule has 134 valence electrons. The molecule has 0 aliphatic carbocycles. The number of nitrogens with zero attached hydrogens (tertiary/aromatic N) is 3. The highest BCUT2D eigenvalue weighted by Gasteiger charge is 2.39. The number of aryl methyl sites for hydroxylation is 2. The van der Waals surface area contributed by atoms with Crippen molar-refractivity contribution in [2.75, 3.05) is 18.6 Å². The highest BCUT2D eigenvalue weighted by atomic mass is 19.4. The van der Waals surface area contributed by atoms with Crippen LogP contribution in [-0.4, -0.2) is 23.6 Å². The van der Waals surface area contributed by atoms with Gasteiger partial charge in [-0.2, -0.15) is 13.2 Å². The van der Waals surface area contributed by atoms with Gasteiger partial charge in [-0.3, -0.25) is 0 Å². The summed E-state index contributed by atoms with van der Waals surface area (Å²) in [6, 6.07) is 8.02. The minimum atomic E-state index is -4.59. The first kappa shape index (κ1) is 17.5. The van der Waals surface area contributed by atoms with E-state index in [4.69, 9.17) is 4.74 Å². The zero-order valence-corrected chi connectivity index (χ0v) is 14.4. The maximum atomic E-state index is 13.4. The maximum absolute atomic E-state index is 13.4. The lowest BCUT2D eigenvalue weighted by atomic mass is 10.0. The van der Waals surface area contributed by atoms with Crippen LogP contribution in [0.2, 0.25) is 0 Å². The Morgan fingerprint density at radius 2 is 1.80 bits per heavy atom. The molecule has 2 heterocycles. The second-order valence-corrected chi connectivity index (χ2v) is 6.25. The number of benzene rings is 1. The average molecular weight is 351 g/mol. The molecule has 0 radical (unpaired) electrons. The number of halogens is 3. The molecule has 4 nitrogen and oxygen atoms in total. The van der Waals surface area contributed by atoms with E-state index in [1.165, 1.54) is 14.0 Å². The van der Waals surface area contributed by atoms with Gasteiger partial charge in [0.1, 0.15) is 0 Å². The molecular weight excluding hydrogens is 331 g/mol. The number of aromatic nitrogens is 2. The Kier molecular flexibility index (Phi) is 4.58. The number of methoxy groups -OCH3 is 1. The minimum Gasteiger partial charge on any atom is -0.493 e. The summed E-state index contributed by atoms with van der Waals surface area (Å²) < 4.78 is 45.0. The molecule has 1 fully saturated rings. The van der Waals surface area contributed by atoms with Crippen molar-refractivity contribution in [2.45, 2.75) is 38.9 Å². The topological polar surface area (TPSA) is 38.2 Å². The highest BCUT2D eigenvalue weighted by Crippen LogP contribution is 2.40. The smallest absolute Gasteiger partial charge is 0.437 e. The quantitative estimate of drug-likeness (QED) is 0.818. The molecule has 0 spiro atoms. The summed E-state index contributed by atoms with van der Waals surface area (Å²) in [6.45, 7) is 4.14. The molecule has 0 saturated carbocycles. The highest BCUT2D eigenvalue weighted by molar-refractivity contribution is 5.45. The molecule has 1 aliphatic heterocycles. The Bertz CT molecular complexity index is 759. The van der Waals surface area contributed by atoms with Gasteiger partial charge in [0.05, 0.1) is 18.8 Å². The summed E-state index contributed by atoms with van der Waals surface area (Å²) >= 11 is 0. The zero-order valence-electron chi connectivity index (χ0n) is 14.4. The second kappa shape index (κ2) is 6.54. The lowest BCUT2D eigenvalue weighted by molar-refractivity contribution is -0.142. The third-order valence-electron chi connectivity index (χ3n) is 4.47. The predicted molar refractivity (Wildman–Crippen MR) is 88.8 cm³/mol. The van der Waals surface area contributed by atoms with Gasteiger partial charge >= 0.3 is 6.18 Å². The summed E-state index contributed by atoms with van der Waals surface area (Å²) in [5.74, 6) is -0.212. The Morgan fingerprint density at radius 1 is 1.12 bits per heavy atom. The van der Waals surface area contributed by atoms with Crippen molar-refractivity contribution >= 4 is 5.95 Å². The summed E-state index contributed by atoms with van der Waals surface area (Å²) in [7, 11) is 1.20. The van der Waals surface area contributed by atoms with Crippen molar-refractivity contribution in [1.29, 1.82) is 0 Å². The molecular formula is C18H20F3N3O. The van der Waals surface area contributed by atoms with Crippen molar-refractivity contribution < 1.29 is 17.9 Å². The summed E-state index contributed by atoms with van der Waals surface area (Å²) in [4.78, 5) is 9.95. The fraction of sp³-hybridized carbons (Fsp3) is 0.444. The van der Waals surface area contributed by atoms with Crippen molar-refractivity contribution in [1.82, 2.24) is 9.97 Å². The number of anilines is 1. The largest absolute Gasteiger partial charge is 0.493 e. The van der Waals surface area contributed by atoms with Gasteiger partial charge in [-0.25, -0.2) is 9.97 Å². The first-order chi connectivity index (χ1) is 11.8. The fourth-order valence-electron chi connectivity index (χ4n) is 3.25. The van der Waals surface area contributed by atoms with Gasteiger partial charge in [0.15, 0.2) is 11.4 Å². The number of ether oxygens (including phenoxy) is 1. The lowest BCUT2D eigenvalue weighted by Gasteiger charge is -2.26. The van der Waals surface area contributed by atoms with Crippen LogP contribution in [0.25, 0.3) is 0 Å². The second-order valence-electron chi connectivity index (χ2n) is 6.25. The van der Waals surface area contributed by atoms with E-state index in [9.17, 15) is 13.2 Å². The Labute approximate surface area is 144 Å². The van der Waals surface area contributed by atoms with Crippen molar-refractivity contribution in [3.8, 4) is 5.75 Å². The molecule has 0 amide bonds. The van der Waals surface area contributed by atoms with Gasteiger partial charge in [-0.1, -0.05) is 29.8 Å². The van der Waals surface area contributed by atoms with Gasteiger partial charge in [0.2, 0.25) is 5.95 Å². The molecule has 1 saturated heterocycles. The first-order valence-corrected chi connectivity index (χ1v) is 8.14. The van der Waals surface area contributed by atoms with Crippen LogP contribution in [0.4, 0.5) is 19.1 Å². The third-order valence-corrected chi connectivity index (χ3v) is 4.47. The predicted octanol–water partition coefficient (Wildman–Crippen LogP) is 4.46. The zero-order chi connectivity index (χ0) is 18.2. The van der Waals surface area contributed by atoms with Crippen LogP contribution in [0.5, 0.6) is 5.75 Å². The van der Waals surface area contributed by atoms with Gasteiger partial charge < -0.3 is 9.64 Å². The molecule has 1 aromatic heterocycles. The molecule has 2 aromatic rings. The molecule has 1 aliphatic rings. The lowest BCUT2D eigenvalue weighted by Crippen LogP contribution is -2.26. The molecule has 0 bridgehead atoms. The van der Waals surface area contributed by atoms with Crippen LogP contribution >= 0.6 is 0 Å². The van der Waals surface area contributed by atoms with E-state index in [2.05, 4.69) is 9.97 Å². The van der Waals surface area contributed by atoms with E-state index >= 15 is 0 Å². The maximum Gasteiger partial charge on any atom is 0.437 e. The molecule has 7 heteroatoms. The van der Waals surface area contributed by atoms with E-state index in [-0.39, 0.29) is 23.4 Å². The summed E-state index contributed by atoms with van der Waals surface area (Å²) in [5.41, 5.74) is 1.37. The number of rotatable bonds is 3. The van der Waals surface area contributed by atoms with E-state index < -0.39 is 11.9 Å². The van der Waals surface area contributed by atoms with Gasteiger partial charge in [0.25, 0.3) is 0 Å². The van der Waals surface area contributed by atoms with Gasteiger partial charge in [0, 0.05) is 6.54 Å². The van der Waals surface area contributed by atoms with Gasteiger partial charge in [-0.05, 0) is 32.3 Å². The van der Waals surface area contributed by atoms with Crippen molar-refractivity contribution in [3.63, 3.8) is 0 Å². The van der Waals surface area contributed by atoms with Crippen LogP contribution < -0.4 is 9.64 Å². The Balaban J connectivity index is 2.03. The SMILES string of the molecule is COc1c(C)nc(N2CCC[C@H]2c2ccc(C)cc2)nc1C(F)(F)F. The molecule has 0 unspecified atom stereocenters. The van der Waals surface area contributed by atoms with E-state index in [1.807, 2.05) is 36.1 Å². The fourth-order valence-corrected chi connectivity index (χ4v) is 3.25. The monoisotopic (exact) mass is 351 g/mol. The van der Waals surface area contributed by atoms with E-state index in [0.29, 0.717) is 6.54 Å². The molecule has 0 N–H and O–H groups in total.